The van der Waals surface area contributed by atoms with E-state index in [9.17, 15) is 0 Å². The van der Waals surface area contributed by atoms with E-state index in [4.69, 9.17) is 37.4 Å². The number of hydrogen-bond donors (Lipinski definition) is 0. The Hall–Kier alpha value is -0.620. The monoisotopic (exact) mass is 280 g/mol. The van der Waals surface area contributed by atoms with E-state index in [1.54, 1.807) is 0 Å². The van der Waals surface area contributed by atoms with Crippen molar-refractivity contribution < 1.29 is 14.2 Å². The van der Waals surface area contributed by atoms with Gasteiger partial charge in [-0.05, 0) is 13.8 Å². The smallest absolute Gasteiger partial charge is 0.193 e. The summed E-state index contributed by atoms with van der Waals surface area (Å²) in [7, 11) is 0. The van der Waals surface area contributed by atoms with E-state index in [0.717, 1.165) is 0 Å². The van der Waals surface area contributed by atoms with Gasteiger partial charge in [-0.2, -0.15) is 0 Å². The van der Waals surface area contributed by atoms with Crippen molar-refractivity contribution >= 4 is 23.2 Å². The number of hydrogen-bond acceptors (Lipinski definition) is 5. The molecule has 0 aliphatic carbocycles. The van der Waals surface area contributed by atoms with Crippen LogP contribution >= 0.6 is 23.2 Å². The highest BCUT2D eigenvalue weighted by molar-refractivity contribution is 6.32. The Morgan fingerprint density at radius 3 is 2.41 bits per heavy atom. The molecular formula is C10H14Cl2N2O3. The highest BCUT2D eigenvalue weighted by atomic mass is 35.5. The summed E-state index contributed by atoms with van der Waals surface area (Å²) in [4.78, 5) is 0. The van der Waals surface area contributed by atoms with Gasteiger partial charge in [-0.3, -0.25) is 0 Å². The molecule has 0 bridgehead atoms. The molecule has 0 unspecified atom stereocenters. The van der Waals surface area contributed by atoms with E-state index >= 15 is 0 Å². The summed E-state index contributed by atoms with van der Waals surface area (Å²) in [5, 5.41) is 7.58. The maximum Gasteiger partial charge on any atom is 0.193 e. The van der Waals surface area contributed by atoms with Crippen LogP contribution in [0.4, 0.5) is 0 Å². The summed E-state index contributed by atoms with van der Waals surface area (Å²) in [6.45, 7) is 5.05. The van der Waals surface area contributed by atoms with E-state index in [1.165, 1.54) is 6.07 Å². The molecule has 1 heterocycles. The lowest BCUT2D eigenvalue weighted by molar-refractivity contribution is -0.152. The van der Waals surface area contributed by atoms with Crippen LogP contribution in [0.25, 0.3) is 0 Å². The highest BCUT2D eigenvalue weighted by Gasteiger charge is 2.11. The summed E-state index contributed by atoms with van der Waals surface area (Å²) in [5.41, 5.74) is 0. The van der Waals surface area contributed by atoms with E-state index < -0.39 is 6.29 Å². The maximum atomic E-state index is 5.79. The lowest BCUT2D eigenvalue weighted by Gasteiger charge is -2.17. The van der Waals surface area contributed by atoms with Crippen molar-refractivity contribution in [1.29, 1.82) is 0 Å². The summed E-state index contributed by atoms with van der Waals surface area (Å²) in [6.07, 6.45) is -0.437. The quantitative estimate of drug-likeness (QED) is 0.719. The molecule has 5 nitrogen and oxygen atoms in total. The van der Waals surface area contributed by atoms with Crippen LogP contribution in [0.15, 0.2) is 6.07 Å². The molecular weight excluding hydrogens is 267 g/mol. The molecule has 1 aromatic heterocycles. The number of ether oxygens (including phenoxy) is 3. The van der Waals surface area contributed by atoms with Gasteiger partial charge >= 0.3 is 0 Å². The Morgan fingerprint density at radius 2 is 1.82 bits per heavy atom. The van der Waals surface area contributed by atoms with E-state index in [0.29, 0.717) is 19.0 Å². The van der Waals surface area contributed by atoms with Gasteiger partial charge in [0.15, 0.2) is 22.3 Å². The van der Waals surface area contributed by atoms with Crippen molar-refractivity contribution in [1.82, 2.24) is 10.2 Å². The predicted molar refractivity (Wildman–Crippen MR) is 64.6 cm³/mol. The van der Waals surface area contributed by atoms with Crippen LogP contribution in [0, 0.1) is 0 Å². The van der Waals surface area contributed by atoms with Gasteiger partial charge in [0.05, 0.1) is 0 Å². The second kappa shape index (κ2) is 7.66. The average molecular weight is 281 g/mol. The minimum Gasteiger partial charge on any atom is -0.485 e. The molecule has 0 aliphatic rings. The van der Waals surface area contributed by atoms with Crippen molar-refractivity contribution in [3.05, 3.63) is 16.4 Å². The van der Waals surface area contributed by atoms with Crippen LogP contribution in [-0.4, -0.2) is 36.3 Å². The molecule has 0 atom stereocenters. The molecule has 0 aromatic carbocycles. The van der Waals surface area contributed by atoms with Crippen LogP contribution in [0.1, 0.15) is 13.8 Å². The summed E-state index contributed by atoms with van der Waals surface area (Å²) < 4.78 is 16.0. The fraction of sp³-hybridized carbons (Fsp3) is 0.600. The molecule has 0 saturated heterocycles. The minimum atomic E-state index is -0.437. The molecule has 0 N–H and O–H groups in total. The zero-order chi connectivity index (χ0) is 12.7. The van der Waals surface area contributed by atoms with Gasteiger partial charge in [-0.1, -0.05) is 23.2 Å². The van der Waals surface area contributed by atoms with Crippen molar-refractivity contribution in [3.8, 4) is 5.75 Å². The molecule has 0 aliphatic heterocycles. The molecule has 0 saturated carbocycles. The van der Waals surface area contributed by atoms with Crippen molar-refractivity contribution in [2.75, 3.05) is 19.8 Å². The Morgan fingerprint density at radius 1 is 1.18 bits per heavy atom. The van der Waals surface area contributed by atoms with Crippen molar-refractivity contribution in [2.45, 2.75) is 20.1 Å². The first-order valence-corrected chi connectivity index (χ1v) is 5.97. The summed E-state index contributed by atoms with van der Waals surface area (Å²) in [6, 6.07) is 1.49. The normalized spacial score (nSPS) is 10.9. The highest BCUT2D eigenvalue weighted by Crippen LogP contribution is 2.23. The molecule has 1 aromatic rings. The van der Waals surface area contributed by atoms with Gasteiger partial charge in [-0.25, -0.2) is 0 Å². The number of nitrogens with zero attached hydrogens (tertiary/aromatic N) is 2. The Labute approximate surface area is 110 Å². The first kappa shape index (κ1) is 14.4. The largest absolute Gasteiger partial charge is 0.485 e. The van der Waals surface area contributed by atoms with Crippen molar-refractivity contribution in [3.63, 3.8) is 0 Å². The lowest BCUT2D eigenvalue weighted by atomic mass is 10.5. The Bertz CT molecular complexity index is 346. The molecule has 7 heteroatoms. The molecule has 0 fully saturated rings. The van der Waals surface area contributed by atoms with Gasteiger partial charge in [-0.15, -0.1) is 10.2 Å². The standard InChI is InChI=1S/C10H14Cl2N2O3/c1-3-15-9(16-4-2)6-17-7-5-8(11)13-14-10(7)12/h5,9H,3-4,6H2,1-2H3. The predicted octanol–water partition coefficient (Wildman–Crippen LogP) is 2.56. The van der Waals surface area contributed by atoms with E-state index in [-0.39, 0.29) is 16.9 Å². The minimum absolute atomic E-state index is 0.154. The Balaban J connectivity index is 2.55. The maximum absolute atomic E-state index is 5.79. The lowest BCUT2D eigenvalue weighted by Crippen LogP contribution is -2.25. The molecule has 0 radical (unpaired) electrons. The Kier molecular flexibility index (Phi) is 6.50. The van der Waals surface area contributed by atoms with Crippen LogP contribution in [0.3, 0.4) is 0 Å². The first-order chi connectivity index (χ1) is 8.17. The zero-order valence-corrected chi connectivity index (χ0v) is 11.2. The van der Waals surface area contributed by atoms with Crippen LogP contribution in [0.2, 0.25) is 10.3 Å². The average Bonchev–Trinajstić information content (AvgIpc) is 2.30. The van der Waals surface area contributed by atoms with Gasteiger partial charge in [0.25, 0.3) is 0 Å². The molecule has 0 spiro atoms. The number of aromatic nitrogens is 2. The second-order valence-corrected chi connectivity index (χ2v) is 3.72. The molecule has 0 amide bonds. The van der Waals surface area contributed by atoms with Gasteiger partial charge < -0.3 is 14.2 Å². The van der Waals surface area contributed by atoms with E-state index in [2.05, 4.69) is 10.2 Å². The molecule has 96 valence electrons. The van der Waals surface area contributed by atoms with Crippen LogP contribution < -0.4 is 4.74 Å². The fourth-order valence-corrected chi connectivity index (χ4v) is 1.40. The first-order valence-electron chi connectivity index (χ1n) is 5.22. The third kappa shape index (κ3) is 5.04. The van der Waals surface area contributed by atoms with Crippen LogP contribution in [-0.2, 0) is 9.47 Å². The summed E-state index contributed by atoms with van der Waals surface area (Å²) in [5.74, 6) is 0.357. The topological polar surface area (TPSA) is 53.5 Å². The molecule has 1 rings (SSSR count). The zero-order valence-electron chi connectivity index (χ0n) is 9.65. The second-order valence-electron chi connectivity index (χ2n) is 2.97. The molecule has 17 heavy (non-hydrogen) atoms. The van der Waals surface area contributed by atoms with Crippen molar-refractivity contribution in [2.24, 2.45) is 0 Å². The van der Waals surface area contributed by atoms with E-state index in [1.807, 2.05) is 13.8 Å². The third-order valence-corrected chi connectivity index (χ3v) is 2.21. The number of halogens is 2. The van der Waals surface area contributed by atoms with Gasteiger partial charge in [0, 0.05) is 19.3 Å². The van der Waals surface area contributed by atoms with Crippen LogP contribution in [0.5, 0.6) is 5.75 Å². The summed E-state index contributed by atoms with van der Waals surface area (Å²) >= 11 is 11.5. The van der Waals surface area contributed by atoms with Gasteiger partial charge in [0.1, 0.15) is 6.61 Å². The SMILES string of the molecule is CCOC(COc1cc(Cl)nnc1Cl)OCC. The fourth-order valence-electron chi connectivity index (χ4n) is 1.11. The number of rotatable bonds is 7. The van der Waals surface area contributed by atoms with Gasteiger partial charge in [0.2, 0.25) is 0 Å². The third-order valence-electron chi connectivity index (χ3n) is 1.77.